The lowest BCUT2D eigenvalue weighted by Gasteiger charge is -2.08. The number of aryl methyl sites for hydroxylation is 1. The van der Waals surface area contributed by atoms with Gasteiger partial charge in [0.15, 0.2) is 6.61 Å². The van der Waals surface area contributed by atoms with Crippen LogP contribution >= 0.6 is 11.8 Å². The van der Waals surface area contributed by atoms with E-state index in [2.05, 4.69) is 5.32 Å². The Morgan fingerprint density at radius 3 is 2.59 bits per heavy atom. The zero-order valence-electron chi connectivity index (χ0n) is 14.7. The summed E-state index contributed by atoms with van der Waals surface area (Å²) >= 11 is 1.35. The van der Waals surface area contributed by atoms with Gasteiger partial charge in [-0.2, -0.15) is 0 Å². The maximum atomic E-state index is 13.5. The Balaban J connectivity index is 1.45. The second-order valence-corrected chi connectivity index (χ2v) is 7.02. The van der Waals surface area contributed by atoms with E-state index in [-0.39, 0.29) is 5.75 Å². The number of hydrogen-bond acceptors (Lipinski definition) is 4. The highest BCUT2D eigenvalue weighted by Crippen LogP contribution is 2.23. The van der Waals surface area contributed by atoms with Crippen LogP contribution in [0.25, 0.3) is 10.8 Å². The van der Waals surface area contributed by atoms with Gasteiger partial charge in [0, 0.05) is 10.6 Å². The molecule has 0 bridgehead atoms. The fraction of sp³-hybridized carbons (Fsp3) is 0.143. The van der Waals surface area contributed by atoms with Crippen LogP contribution in [0, 0.1) is 12.7 Å². The third kappa shape index (κ3) is 5.31. The molecular weight excluding hydrogens is 365 g/mol. The van der Waals surface area contributed by atoms with Gasteiger partial charge in [-0.25, -0.2) is 4.39 Å². The first-order chi connectivity index (χ1) is 13.0. The number of halogens is 1. The van der Waals surface area contributed by atoms with E-state index in [1.807, 2.05) is 42.5 Å². The van der Waals surface area contributed by atoms with E-state index in [4.69, 9.17) is 4.74 Å². The highest BCUT2D eigenvalue weighted by Gasteiger charge is 2.10. The highest BCUT2D eigenvalue weighted by molar-refractivity contribution is 8.00. The minimum atomic E-state index is -0.512. The van der Waals surface area contributed by atoms with Crippen LogP contribution in [0.2, 0.25) is 0 Å². The summed E-state index contributed by atoms with van der Waals surface area (Å²) in [6, 6.07) is 18.3. The number of carbonyl (C=O) groups excluding carboxylic acids is 2. The molecule has 0 aliphatic carbocycles. The molecule has 0 unspecified atom stereocenters. The normalized spacial score (nSPS) is 10.6. The number of anilines is 1. The Bertz CT molecular complexity index is 990. The van der Waals surface area contributed by atoms with Crippen molar-refractivity contribution in [2.75, 3.05) is 17.7 Å². The van der Waals surface area contributed by atoms with Crippen LogP contribution in [0.15, 0.2) is 65.6 Å². The number of amides is 1. The molecule has 27 heavy (non-hydrogen) atoms. The first-order valence-corrected chi connectivity index (χ1v) is 9.33. The van der Waals surface area contributed by atoms with Crippen molar-refractivity contribution in [1.29, 1.82) is 0 Å². The fourth-order valence-corrected chi connectivity index (χ4v) is 3.20. The standard InChI is InChI=1S/C21H18FNO3S/c1-14-6-8-17(11-19(14)22)23-20(24)12-26-21(25)13-27-18-9-7-15-4-2-3-5-16(15)10-18/h2-11H,12-13H2,1H3,(H,23,24). The van der Waals surface area contributed by atoms with Crippen molar-refractivity contribution in [1.82, 2.24) is 0 Å². The summed E-state index contributed by atoms with van der Waals surface area (Å²) in [6.45, 7) is 1.22. The number of fused-ring (bicyclic) bond motifs is 1. The van der Waals surface area contributed by atoms with Crippen LogP contribution in [0.1, 0.15) is 5.56 Å². The van der Waals surface area contributed by atoms with E-state index in [1.54, 1.807) is 19.1 Å². The van der Waals surface area contributed by atoms with Crippen LogP contribution in [-0.4, -0.2) is 24.2 Å². The Kier molecular flexibility index (Phi) is 6.08. The monoisotopic (exact) mass is 383 g/mol. The number of hydrogen-bond donors (Lipinski definition) is 1. The summed E-state index contributed by atoms with van der Waals surface area (Å²) < 4.78 is 18.4. The van der Waals surface area contributed by atoms with Crippen LogP contribution < -0.4 is 5.32 Å². The van der Waals surface area contributed by atoms with Gasteiger partial charge in [0.1, 0.15) is 5.82 Å². The van der Waals surface area contributed by atoms with E-state index in [0.717, 1.165) is 15.7 Å². The zero-order chi connectivity index (χ0) is 19.2. The van der Waals surface area contributed by atoms with Gasteiger partial charge in [0.25, 0.3) is 5.91 Å². The summed E-state index contributed by atoms with van der Waals surface area (Å²) in [5, 5.41) is 4.73. The molecular formula is C21H18FNO3S. The van der Waals surface area contributed by atoms with E-state index in [0.29, 0.717) is 11.3 Å². The molecule has 3 rings (SSSR count). The quantitative estimate of drug-likeness (QED) is 0.501. The molecule has 0 heterocycles. The number of rotatable bonds is 6. The maximum Gasteiger partial charge on any atom is 0.316 e. The SMILES string of the molecule is Cc1ccc(NC(=O)COC(=O)CSc2ccc3ccccc3c2)cc1F. The van der Waals surface area contributed by atoms with Crippen molar-refractivity contribution in [3.63, 3.8) is 0 Å². The van der Waals surface area contributed by atoms with Crippen molar-refractivity contribution in [3.8, 4) is 0 Å². The molecule has 0 aliphatic rings. The summed E-state index contributed by atoms with van der Waals surface area (Å²) in [6.07, 6.45) is 0. The number of ether oxygens (including phenoxy) is 1. The van der Waals surface area contributed by atoms with Crippen molar-refractivity contribution in [2.45, 2.75) is 11.8 Å². The maximum absolute atomic E-state index is 13.5. The molecule has 0 aromatic heterocycles. The Labute approximate surface area is 160 Å². The largest absolute Gasteiger partial charge is 0.455 e. The third-order valence-electron chi connectivity index (χ3n) is 3.90. The van der Waals surface area contributed by atoms with Crippen molar-refractivity contribution < 1.29 is 18.7 Å². The lowest BCUT2D eigenvalue weighted by atomic mass is 10.1. The van der Waals surface area contributed by atoms with Gasteiger partial charge in [0.05, 0.1) is 5.75 Å². The number of esters is 1. The Morgan fingerprint density at radius 1 is 1.04 bits per heavy atom. The predicted molar refractivity (Wildman–Crippen MR) is 105 cm³/mol. The lowest BCUT2D eigenvalue weighted by molar-refractivity contribution is -0.144. The van der Waals surface area contributed by atoms with Crippen LogP contribution in [0.4, 0.5) is 10.1 Å². The van der Waals surface area contributed by atoms with Crippen LogP contribution in [0.5, 0.6) is 0 Å². The van der Waals surface area contributed by atoms with E-state index < -0.39 is 24.3 Å². The number of thioether (sulfide) groups is 1. The number of nitrogens with one attached hydrogen (secondary N) is 1. The van der Waals surface area contributed by atoms with E-state index in [9.17, 15) is 14.0 Å². The molecule has 0 fully saturated rings. The van der Waals surface area contributed by atoms with Gasteiger partial charge in [-0.05, 0) is 47.5 Å². The molecule has 3 aromatic carbocycles. The molecule has 4 nitrogen and oxygen atoms in total. The minimum Gasteiger partial charge on any atom is -0.455 e. The summed E-state index contributed by atoms with van der Waals surface area (Å²) in [5.74, 6) is -1.30. The third-order valence-corrected chi connectivity index (χ3v) is 4.86. The van der Waals surface area contributed by atoms with Crippen molar-refractivity contribution in [2.24, 2.45) is 0 Å². The number of benzene rings is 3. The van der Waals surface area contributed by atoms with Gasteiger partial charge in [-0.3, -0.25) is 9.59 Å². The van der Waals surface area contributed by atoms with E-state index >= 15 is 0 Å². The number of carbonyl (C=O) groups is 2. The average Bonchev–Trinajstić information content (AvgIpc) is 2.67. The zero-order valence-corrected chi connectivity index (χ0v) is 15.5. The first kappa shape index (κ1) is 18.9. The molecule has 1 N–H and O–H groups in total. The van der Waals surface area contributed by atoms with E-state index in [1.165, 1.54) is 17.8 Å². The molecule has 0 aliphatic heterocycles. The minimum absolute atomic E-state index is 0.102. The summed E-state index contributed by atoms with van der Waals surface area (Å²) in [4.78, 5) is 24.6. The van der Waals surface area contributed by atoms with Crippen molar-refractivity contribution in [3.05, 3.63) is 72.0 Å². The Hall–Kier alpha value is -2.86. The Morgan fingerprint density at radius 2 is 1.81 bits per heavy atom. The molecule has 0 saturated carbocycles. The molecule has 0 radical (unpaired) electrons. The molecule has 0 atom stereocenters. The van der Waals surface area contributed by atoms with Gasteiger partial charge in [-0.15, -0.1) is 11.8 Å². The summed E-state index contributed by atoms with van der Waals surface area (Å²) in [7, 11) is 0. The first-order valence-electron chi connectivity index (χ1n) is 8.34. The topological polar surface area (TPSA) is 55.4 Å². The van der Waals surface area contributed by atoms with Crippen molar-refractivity contribution >= 4 is 40.1 Å². The van der Waals surface area contributed by atoms with Gasteiger partial charge in [-0.1, -0.05) is 36.4 Å². The molecule has 0 saturated heterocycles. The smallest absolute Gasteiger partial charge is 0.316 e. The lowest BCUT2D eigenvalue weighted by Crippen LogP contribution is -2.21. The summed E-state index contributed by atoms with van der Waals surface area (Å²) in [5.41, 5.74) is 0.815. The molecule has 138 valence electrons. The highest BCUT2D eigenvalue weighted by atomic mass is 32.2. The second kappa shape index (κ2) is 8.68. The van der Waals surface area contributed by atoms with Crippen LogP contribution in [-0.2, 0) is 14.3 Å². The average molecular weight is 383 g/mol. The van der Waals surface area contributed by atoms with Gasteiger partial charge < -0.3 is 10.1 Å². The van der Waals surface area contributed by atoms with Crippen LogP contribution in [0.3, 0.4) is 0 Å². The molecule has 6 heteroatoms. The molecule has 1 amide bonds. The van der Waals surface area contributed by atoms with Gasteiger partial charge in [0.2, 0.25) is 0 Å². The molecule has 0 spiro atoms. The van der Waals surface area contributed by atoms with Gasteiger partial charge >= 0.3 is 5.97 Å². The molecule has 3 aromatic rings. The second-order valence-electron chi connectivity index (χ2n) is 5.97. The predicted octanol–water partition coefficient (Wildman–Crippen LogP) is 4.56. The fourth-order valence-electron chi connectivity index (χ4n) is 2.45.